The van der Waals surface area contributed by atoms with Crippen molar-refractivity contribution in [3.05, 3.63) is 81.6 Å². The molecule has 5 rings (SSSR count). The Labute approximate surface area is 202 Å². The van der Waals surface area contributed by atoms with E-state index in [0.717, 1.165) is 26.4 Å². The van der Waals surface area contributed by atoms with Gasteiger partial charge in [-0.2, -0.15) is 0 Å². The van der Waals surface area contributed by atoms with Crippen molar-refractivity contribution in [3.8, 4) is 21.9 Å². The van der Waals surface area contributed by atoms with Crippen LogP contribution in [0.5, 0.6) is 0 Å². The summed E-state index contributed by atoms with van der Waals surface area (Å²) in [5, 5.41) is 13.6. The van der Waals surface area contributed by atoms with Crippen molar-refractivity contribution < 1.29 is 4.42 Å². The first-order valence-electron chi connectivity index (χ1n) is 10.3. The molecule has 4 aromatic heterocycles. The van der Waals surface area contributed by atoms with E-state index in [4.69, 9.17) is 9.40 Å². The first-order chi connectivity index (χ1) is 16.0. The Morgan fingerprint density at radius 1 is 1.24 bits per heavy atom. The van der Waals surface area contributed by atoms with Gasteiger partial charge in [-0.05, 0) is 37.4 Å². The molecule has 0 N–H and O–H groups in total. The molecule has 0 spiro atoms. The summed E-state index contributed by atoms with van der Waals surface area (Å²) in [7, 11) is 0. The number of hydrogen-bond donors (Lipinski definition) is 0. The molecule has 0 saturated heterocycles. The monoisotopic (exact) mass is 492 g/mol. The molecule has 0 radical (unpaired) electrons. The summed E-state index contributed by atoms with van der Waals surface area (Å²) < 4.78 is 7.62. The van der Waals surface area contributed by atoms with Crippen molar-refractivity contribution >= 4 is 44.7 Å². The summed E-state index contributed by atoms with van der Waals surface area (Å²) >= 11 is 4.53. The van der Waals surface area contributed by atoms with Gasteiger partial charge >= 0.3 is 0 Å². The summed E-state index contributed by atoms with van der Waals surface area (Å²) in [5.74, 6) is 0.966. The van der Waals surface area contributed by atoms with Gasteiger partial charge in [0, 0.05) is 27.9 Å². The van der Waals surface area contributed by atoms with Crippen LogP contribution in [0.3, 0.4) is 0 Å². The van der Waals surface area contributed by atoms with Crippen LogP contribution in [0.2, 0.25) is 0 Å². The molecule has 0 bridgehead atoms. The third-order valence-electron chi connectivity index (χ3n) is 5.09. The molecule has 9 heteroatoms. The number of rotatable bonds is 7. The van der Waals surface area contributed by atoms with Crippen LogP contribution in [0.4, 0.5) is 0 Å². The highest BCUT2D eigenvalue weighted by molar-refractivity contribution is 7.99. The maximum absolute atomic E-state index is 13.5. The van der Waals surface area contributed by atoms with Gasteiger partial charge in [-0.1, -0.05) is 41.6 Å². The van der Waals surface area contributed by atoms with E-state index < -0.39 is 0 Å². The highest BCUT2D eigenvalue weighted by atomic mass is 32.2. The standard InChI is InChI=1S/C24H20N4O2S3/c1-4-10-28-23(29)19-17(18-9-6-11-31-18)13-32-22(19)25-24(28)33-15(3)20-26-27-21(30-20)16-8-5-7-14(2)12-16/h4-9,11-13,15H,1,10H2,2-3H3. The smallest absolute Gasteiger partial charge is 0.263 e. The minimum atomic E-state index is -0.187. The molecule has 0 fully saturated rings. The average molecular weight is 493 g/mol. The van der Waals surface area contributed by atoms with Crippen LogP contribution in [-0.4, -0.2) is 19.7 Å². The Kier molecular flexibility index (Phi) is 6.01. The maximum Gasteiger partial charge on any atom is 0.263 e. The van der Waals surface area contributed by atoms with E-state index in [0.29, 0.717) is 28.9 Å². The number of hydrogen-bond acceptors (Lipinski definition) is 8. The van der Waals surface area contributed by atoms with Crippen LogP contribution in [0.25, 0.3) is 32.1 Å². The van der Waals surface area contributed by atoms with Gasteiger partial charge in [0.2, 0.25) is 11.8 Å². The number of aryl methyl sites for hydroxylation is 1. The second-order valence-corrected chi connectivity index (χ2v) is 10.6. The van der Waals surface area contributed by atoms with E-state index in [1.165, 1.54) is 23.1 Å². The zero-order valence-corrected chi connectivity index (χ0v) is 20.5. The van der Waals surface area contributed by atoms with Gasteiger partial charge in [0.05, 0.1) is 10.6 Å². The molecule has 4 heterocycles. The highest BCUT2D eigenvalue weighted by Crippen LogP contribution is 2.38. The second kappa shape index (κ2) is 9.09. The fraction of sp³-hybridized carbons (Fsp3) is 0.167. The van der Waals surface area contributed by atoms with Crippen LogP contribution in [0, 0.1) is 6.92 Å². The van der Waals surface area contributed by atoms with E-state index in [-0.39, 0.29) is 10.8 Å². The summed E-state index contributed by atoms with van der Waals surface area (Å²) in [6.45, 7) is 8.19. The van der Waals surface area contributed by atoms with Gasteiger partial charge in [-0.25, -0.2) is 4.98 Å². The maximum atomic E-state index is 13.5. The topological polar surface area (TPSA) is 73.8 Å². The van der Waals surface area contributed by atoms with Gasteiger partial charge in [0.25, 0.3) is 5.56 Å². The minimum Gasteiger partial charge on any atom is -0.419 e. The summed E-state index contributed by atoms with van der Waals surface area (Å²) in [6, 6.07) is 11.9. The van der Waals surface area contributed by atoms with Gasteiger partial charge in [0.15, 0.2) is 5.16 Å². The van der Waals surface area contributed by atoms with Crippen molar-refractivity contribution in [3.63, 3.8) is 0 Å². The predicted molar refractivity (Wildman–Crippen MR) is 136 cm³/mol. The van der Waals surface area contributed by atoms with Crippen molar-refractivity contribution in [2.45, 2.75) is 30.8 Å². The molecule has 0 aliphatic rings. The highest BCUT2D eigenvalue weighted by Gasteiger charge is 2.22. The molecule has 1 aromatic carbocycles. The van der Waals surface area contributed by atoms with E-state index >= 15 is 0 Å². The van der Waals surface area contributed by atoms with Crippen LogP contribution < -0.4 is 5.56 Å². The van der Waals surface area contributed by atoms with Gasteiger partial charge in [-0.3, -0.25) is 9.36 Å². The molecule has 5 aromatic rings. The van der Waals surface area contributed by atoms with E-state index in [1.807, 2.05) is 61.0 Å². The molecule has 1 unspecified atom stereocenters. The molecule has 6 nitrogen and oxygen atoms in total. The van der Waals surface area contributed by atoms with Crippen LogP contribution in [0.1, 0.15) is 23.6 Å². The largest absolute Gasteiger partial charge is 0.419 e. The molecule has 33 heavy (non-hydrogen) atoms. The second-order valence-electron chi connectivity index (χ2n) is 7.48. The lowest BCUT2D eigenvalue weighted by atomic mass is 10.1. The van der Waals surface area contributed by atoms with Crippen molar-refractivity contribution in [2.75, 3.05) is 0 Å². The lowest BCUT2D eigenvalue weighted by molar-refractivity contribution is 0.508. The molecular weight excluding hydrogens is 472 g/mol. The minimum absolute atomic E-state index is 0.0646. The zero-order valence-electron chi connectivity index (χ0n) is 18.0. The molecule has 166 valence electrons. The van der Waals surface area contributed by atoms with Crippen LogP contribution in [-0.2, 0) is 6.54 Å². The summed E-state index contributed by atoms with van der Waals surface area (Å²) in [6.07, 6.45) is 1.71. The molecule has 0 aliphatic heterocycles. The zero-order chi connectivity index (χ0) is 22.9. The Hall–Kier alpha value is -3.01. The van der Waals surface area contributed by atoms with Crippen molar-refractivity contribution in [1.82, 2.24) is 19.7 Å². The van der Waals surface area contributed by atoms with E-state index in [2.05, 4.69) is 16.8 Å². The quantitative estimate of drug-likeness (QED) is 0.145. The average Bonchev–Trinajstić information content (AvgIpc) is 3.56. The third-order valence-corrected chi connectivity index (χ3v) is 7.95. The number of thioether (sulfide) groups is 1. The van der Waals surface area contributed by atoms with E-state index in [9.17, 15) is 4.79 Å². The first kappa shape index (κ1) is 21.8. The summed E-state index contributed by atoms with van der Waals surface area (Å²) in [4.78, 5) is 20.1. The number of fused-ring (bicyclic) bond motifs is 1. The SMILES string of the molecule is C=CCn1c(SC(C)c2nnc(-c3cccc(C)c3)o2)nc2scc(-c3cccs3)c2c1=O. The lowest BCUT2D eigenvalue weighted by Gasteiger charge is -2.12. The number of benzene rings is 1. The molecule has 0 saturated carbocycles. The van der Waals surface area contributed by atoms with Crippen molar-refractivity contribution in [2.24, 2.45) is 0 Å². The third kappa shape index (κ3) is 4.19. The molecule has 1 atom stereocenters. The lowest BCUT2D eigenvalue weighted by Crippen LogP contribution is -2.22. The molecule has 0 amide bonds. The molecular formula is C24H20N4O2S3. The number of nitrogens with zero attached hydrogens (tertiary/aromatic N) is 4. The fourth-order valence-corrected chi connectivity index (χ4v) is 6.25. The van der Waals surface area contributed by atoms with Crippen LogP contribution in [0.15, 0.2) is 74.2 Å². The summed E-state index contributed by atoms with van der Waals surface area (Å²) in [5.41, 5.74) is 2.88. The van der Waals surface area contributed by atoms with Crippen LogP contribution >= 0.6 is 34.4 Å². The fourth-order valence-electron chi connectivity index (χ4n) is 3.50. The number of thiophene rings is 2. The molecule has 0 aliphatic carbocycles. The van der Waals surface area contributed by atoms with Gasteiger partial charge in [0.1, 0.15) is 4.83 Å². The number of allylic oxidation sites excluding steroid dienone is 1. The van der Waals surface area contributed by atoms with Gasteiger partial charge in [-0.15, -0.1) is 39.4 Å². The Bertz CT molecular complexity index is 1500. The first-order valence-corrected chi connectivity index (χ1v) is 12.9. The van der Waals surface area contributed by atoms with Crippen molar-refractivity contribution in [1.29, 1.82) is 0 Å². The van der Waals surface area contributed by atoms with Gasteiger partial charge < -0.3 is 4.42 Å². The Morgan fingerprint density at radius 3 is 2.88 bits per heavy atom. The Morgan fingerprint density at radius 2 is 2.12 bits per heavy atom. The van der Waals surface area contributed by atoms with E-state index in [1.54, 1.807) is 22.0 Å². The Balaban J connectivity index is 1.50. The normalized spacial score (nSPS) is 12.3. The predicted octanol–water partition coefficient (Wildman–Crippen LogP) is 6.58. The number of aromatic nitrogens is 4.